The number of hydrogen-bond acceptors (Lipinski definition) is 6. The summed E-state index contributed by atoms with van der Waals surface area (Å²) < 4.78 is 1.19. The van der Waals surface area contributed by atoms with E-state index in [0.717, 1.165) is 73.9 Å². The predicted molar refractivity (Wildman–Crippen MR) is 142 cm³/mol. The Morgan fingerprint density at radius 3 is 2.43 bits per heavy atom. The SMILES string of the molecule is Cc1ccc2nc(-c3ccc(NC(=O)C(C)N4CCN(CC(=O)N5CCCC5)CC4)cc3)sc2c1. The maximum absolute atomic E-state index is 12.9. The number of thiazole rings is 1. The van der Waals surface area contributed by atoms with Gasteiger partial charge in [-0.15, -0.1) is 11.3 Å². The molecular weight excluding hydrogens is 458 g/mol. The van der Waals surface area contributed by atoms with Gasteiger partial charge in [0.1, 0.15) is 5.01 Å². The number of likely N-dealkylation sites (tertiary alicyclic amines) is 1. The molecule has 0 radical (unpaired) electrons. The number of piperazine rings is 1. The number of fused-ring (bicyclic) bond motifs is 1. The molecule has 3 aromatic rings. The van der Waals surface area contributed by atoms with Crippen molar-refractivity contribution in [2.24, 2.45) is 0 Å². The smallest absolute Gasteiger partial charge is 0.241 e. The van der Waals surface area contributed by atoms with Crippen LogP contribution in [0.5, 0.6) is 0 Å². The molecule has 2 saturated heterocycles. The van der Waals surface area contributed by atoms with E-state index in [1.807, 2.05) is 36.1 Å². The Labute approximate surface area is 210 Å². The number of hydrogen-bond donors (Lipinski definition) is 1. The molecular formula is C27H33N5O2S. The molecule has 2 fully saturated rings. The fourth-order valence-corrected chi connectivity index (χ4v) is 5.90. The van der Waals surface area contributed by atoms with Crippen LogP contribution in [0.25, 0.3) is 20.8 Å². The van der Waals surface area contributed by atoms with Gasteiger partial charge in [-0.25, -0.2) is 4.98 Å². The summed E-state index contributed by atoms with van der Waals surface area (Å²) in [5.41, 5.74) is 4.09. The molecule has 2 aliphatic rings. The Balaban J connectivity index is 1.13. The molecule has 2 aromatic carbocycles. The molecule has 184 valence electrons. The molecule has 35 heavy (non-hydrogen) atoms. The number of carbonyl (C=O) groups is 2. The van der Waals surface area contributed by atoms with E-state index in [-0.39, 0.29) is 17.9 Å². The molecule has 1 atom stereocenters. The van der Waals surface area contributed by atoms with E-state index in [0.29, 0.717) is 6.54 Å². The van der Waals surface area contributed by atoms with Crippen molar-refractivity contribution in [3.63, 3.8) is 0 Å². The number of aryl methyl sites for hydroxylation is 1. The van der Waals surface area contributed by atoms with Gasteiger partial charge in [0.25, 0.3) is 0 Å². The Morgan fingerprint density at radius 1 is 1.00 bits per heavy atom. The summed E-state index contributed by atoms with van der Waals surface area (Å²) in [7, 11) is 0. The maximum Gasteiger partial charge on any atom is 0.241 e. The van der Waals surface area contributed by atoms with Gasteiger partial charge >= 0.3 is 0 Å². The number of nitrogens with zero attached hydrogens (tertiary/aromatic N) is 4. The van der Waals surface area contributed by atoms with Gasteiger partial charge in [0.15, 0.2) is 0 Å². The topological polar surface area (TPSA) is 68.8 Å². The Hall–Kier alpha value is -2.81. The second kappa shape index (κ2) is 10.4. The molecule has 0 aliphatic carbocycles. The minimum atomic E-state index is -0.224. The lowest BCUT2D eigenvalue weighted by molar-refractivity contribution is -0.132. The van der Waals surface area contributed by atoms with Crippen molar-refractivity contribution in [3.05, 3.63) is 48.0 Å². The third-order valence-corrected chi connectivity index (χ3v) is 8.16. The molecule has 1 unspecified atom stereocenters. The summed E-state index contributed by atoms with van der Waals surface area (Å²) in [4.78, 5) is 36.5. The number of nitrogens with one attached hydrogen (secondary N) is 1. The molecule has 8 heteroatoms. The number of aromatic nitrogens is 1. The van der Waals surface area contributed by atoms with Gasteiger partial charge in [0.05, 0.1) is 22.8 Å². The van der Waals surface area contributed by atoms with E-state index in [2.05, 4.69) is 40.2 Å². The van der Waals surface area contributed by atoms with Crippen molar-refractivity contribution in [2.75, 3.05) is 51.1 Å². The lowest BCUT2D eigenvalue weighted by Gasteiger charge is -2.37. The molecule has 0 spiro atoms. The minimum absolute atomic E-state index is 0.00481. The van der Waals surface area contributed by atoms with Gasteiger partial charge in [-0.05, 0) is 68.7 Å². The number of carbonyl (C=O) groups excluding carboxylic acids is 2. The highest BCUT2D eigenvalue weighted by Gasteiger charge is 2.28. The summed E-state index contributed by atoms with van der Waals surface area (Å²) in [6.45, 7) is 9.55. The minimum Gasteiger partial charge on any atom is -0.342 e. The van der Waals surface area contributed by atoms with Crippen molar-refractivity contribution in [1.29, 1.82) is 0 Å². The molecule has 3 heterocycles. The van der Waals surface area contributed by atoms with E-state index in [4.69, 9.17) is 4.98 Å². The van der Waals surface area contributed by atoms with Gasteiger partial charge in [-0.2, -0.15) is 0 Å². The molecule has 7 nitrogen and oxygen atoms in total. The first-order valence-electron chi connectivity index (χ1n) is 12.5. The van der Waals surface area contributed by atoms with Crippen LogP contribution in [0, 0.1) is 6.92 Å². The normalized spacial score (nSPS) is 18.2. The first kappa shape index (κ1) is 23.9. The van der Waals surface area contributed by atoms with Crippen molar-refractivity contribution in [1.82, 2.24) is 19.7 Å². The molecule has 2 amide bonds. The third kappa shape index (κ3) is 5.55. The Morgan fingerprint density at radius 2 is 1.71 bits per heavy atom. The molecule has 0 bridgehead atoms. The highest BCUT2D eigenvalue weighted by Crippen LogP contribution is 2.31. The van der Waals surface area contributed by atoms with Crippen molar-refractivity contribution in [2.45, 2.75) is 32.7 Å². The van der Waals surface area contributed by atoms with Gasteiger partial charge in [0.2, 0.25) is 11.8 Å². The molecule has 2 aliphatic heterocycles. The molecule has 5 rings (SSSR count). The van der Waals surface area contributed by atoms with Gasteiger partial charge in [-0.3, -0.25) is 19.4 Å². The van der Waals surface area contributed by atoms with E-state index in [9.17, 15) is 9.59 Å². The van der Waals surface area contributed by atoms with Crippen molar-refractivity contribution >= 4 is 39.1 Å². The van der Waals surface area contributed by atoms with E-state index in [1.54, 1.807) is 11.3 Å². The van der Waals surface area contributed by atoms with Crippen LogP contribution in [-0.2, 0) is 9.59 Å². The van der Waals surface area contributed by atoms with Crippen molar-refractivity contribution < 1.29 is 9.59 Å². The maximum atomic E-state index is 12.9. The fourth-order valence-electron chi connectivity index (χ4n) is 4.83. The van der Waals surface area contributed by atoms with E-state index < -0.39 is 0 Å². The number of anilines is 1. The van der Waals surface area contributed by atoms with Crippen LogP contribution < -0.4 is 5.32 Å². The second-order valence-electron chi connectivity index (χ2n) is 9.63. The van der Waals surface area contributed by atoms with E-state index >= 15 is 0 Å². The van der Waals surface area contributed by atoms with Crippen LogP contribution in [0.3, 0.4) is 0 Å². The van der Waals surface area contributed by atoms with Gasteiger partial charge < -0.3 is 10.2 Å². The fraction of sp³-hybridized carbons (Fsp3) is 0.444. The number of benzene rings is 2. The third-order valence-electron chi connectivity index (χ3n) is 7.10. The highest BCUT2D eigenvalue weighted by atomic mass is 32.1. The van der Waals surface area contributed by atoms with Crippen LogP contribution >= 0.6 is 11.3 Å². The summed E-state index contributed by atoms with van der Waals surface area (Å²) in [5, 5.41) is 4.04. The van der Waals surface area contributed by atoms with Crippen LogP contribution in [0.1, 0.15) is 25.3 Å². The Bertz CT molecular complexity index is 1190. The molecule has 0 saturated carbocycles. The first-order valence-corrected chi connectivity index (χ1v) is 13.3. The van der Waals surface area contributed by atoms with Gasteiger partial charge in [-0.1, -0.05) is 6.07 Å². The monoisotopic (exact) mass is 491 g/mol. The first-order chi connectivity index (χ1) is 17.0. The standard InChI is InChI=1S/C27H33N5O2S/c1-19-5-10-23-24(17-19)35-27(29-23)21-6-8-22(9-7-21)28-26(34)20(2)31-15-13-30(14-16-31)18-25(33)32-11-3-4-12-32/h5-10,17,20H,3-4,11-16,18H2,1-2H3,(H,28,34). The highest BCUT2D eigenvalue weighted by molar-refractivity contribution is 7.21. The van der Waals surface area contributed by atoms with Crippen LogP contribution in [0.15, 0.2) is 42.5 Å². The Kier molecular flexibility index (Phi) is 7.13. The summed E-state index contributed by atoms with van der Waals surface area (Å²) in [6, 6.07) is 14.0. The lowest BCUT2D eigenvalue weighted by atomic mass is 10.2. The molecule has 1 aromatic heterocycles. The van der Waals surface area contributed by atoms with Crippen molar-refractivity contribution in [3.8, 4) is 10.6 Å². The zero-order valence-electron chi connectivity index (χ0n) is 20.5. The average Bonchev–Trinajstić information content (AvgIpc) is 3.55. The average molecular weight is 492 g/mol. The van der Waals surface area contributed by atoms with Crippen LogP contribution in [0.2, 0.25) is 0 Å². The summed E-state index contributed by atoms with van der Waals surface area (Å²) >= 11 is 1.69. The number of amides is 2. The largest absolute Gasteiger partial charge is 0.342 e. The van der Waals surface area contributed by atoms with Crippen LogP contribution in [-0.4, -0.2) is 83.4 Å². The number of rotatable bonds is 6. The zero-order valence-corrected chi connectivity index (χ0v) is 21.3. The van der Waals surface area contributed by atoms with E-state index in [1.165, 1.54) is 10.3 Å². The van der Waals surface area contributed by atoms with Gasteiger partial charge in [0, 0.05) is 50.5 Å². The summed E-state index contributed by atoms with van der Waals surface area (Å²) in [6.07, 6.45) is 2.24. The zero-order chi connectivity index (χ0) is 24.4. The predicted octanol–water partition coefficient (Wildman–Crippen LogP) is 3.84. The lowest BCUT2D eigenvalue weighted by Crippen LogP contribution is -2.54. The quantitative estimate of drug-likeness (QED) is 0.568. The van der Waals surface area contributed by atoms with Crippen LogP contribution in [0.4, 0.5) is 5.69 Å². The molecule has 1 N–H and O–H groups in total. The second-order valence-corrected chi connectivity index (χ2v) is 10.7. The summed E-state index contributed by atoms with van der Waals surface area (Å²) in [5.74, 6) is 0.237.